The standard InChI is InChI=1S/C15H26OSSi/c1-15(2,3)18(4,5)16-11-12-7-6-8-14-13(12)9-10-17-14/h9-10,12H,6-8,11H2,1-5H3. The molecule has 1 heterocycles. The fourth-order valence-electron chi connectivity index (χ4n) is 2.28. The molecule has 0 saturated carbocycles. The zero-order valence-electron chi connectivity index (χ0n) is 12.4. The number of hydrogen-bond acceptors (Lipinski definition) is 2. The highest BCUT2D eigenvalue weighted by Gasteiger charge is 2.38. The number of aryl methyl sites for hydroxylation is 1. The second-order valence-corrected chi connectivity index (χ2v) is 12.8. The van der Waals surface area contributed by atoms with E-state index < -0.39 is 8.32 Å². The maximum absolute atomic E-state index is 6.40. The lowest BCUT2D eigenvalue weighted by atomic mass is 9.88. The predicted molar refractivity (Wildman–Crippen MR) is 83.1 cm³/mol. The van der Waals surface area contributed by atoms with E-state index in [1.54, 1.807) is 10.4 Å². The Labute approximate surface area is 117 Å². The highest BCUT2D eigenvalue weighted by atomic mass is 32.1. The molecule has 0 spiro atoms. The number of rotatable bonds is 3. The zero-order valence-corrected chi connectivity index (χ0v) is 14.2. The average molecular weight is 283 g/mol. The summed E-state index contributed by atoms with van der Waals surface area (Å²) in [6.07, 6.45) is 3.92. The molecule has 3 heteroatoms. The predicted octanol–water partition coefficient (Wildman–Crippen LogP) is 5.19. The van der Waals surface area contributed by atoms with E-state index in [1.165, 1.54) is 19.3 Å². The summed E-state index contributed by atoms with van der Waals surface area (Å²) in [5, 5.41) is 2.56. The first-order chi connectivity index (χ1) is 8.31. The van der Waals surface area contributed by atoms with Crippen LogP contribution < -0.4 is 0 Å². The van der Waals surface area contributed by atoms with Crippen LogP contribution in [0.25, 0.3) is 0 Å². The van der Waals surface area contributed by atoms with Crippen molar-refractivity contribution >= 4 is 19.7 Å². The molecule has 1 aliphatic carbocycles. The van der Waals surface area contributed by atoms with Crippen molar-refractivity contribution in [2.75, 3.05) is 6.61 Å². The monoisotopic (exact) mass is 282 g/mol. The van der Waals surface area contributed by atoms with Crippen molar-refractivity contribution in [1.29, 1.82) is 0 Å². The van der Waals surface area contributed by atoms with Gasteiger partial charge in [-0.15, -0.1) is 11.3 Å². The molecule has 0 N–H and O–H groups in total. The average Bonchev–Trinajstić information content (AvgIpc) is 2.73. The minimum absolute atomic E-state index is 0.319. The molecule has 0 radical (unpaired) electrons. The fourth-order valence-corrected chi connectivity index (χ4v) is 4.34. The summed E-state index contributed by atoms with van der Waals surface area (Å²) in [5.74, 6) is 0.647. The molecule has 0 saturated heterocycles. The number of fused-ring (bicyclic) bond motifs is 1. The third-order valence-corrected chi connectivity index (χ3v) is 10.1. The molecule has 0 amide bonds. The van der Waals surface area contributed by atoms with Crippen molar-refractivity contribution in [2.45, 2.75) is 64.1 Å². The van der Waals surface area contributed by atoms with E-state index in [4.69, 9.17) is 4.43 Å². The van der Waals surface area contributed by atoms with Crippen LogP contribution in [0.3, 0.4) is 0 Å². The third-order valence-electron chi connectivity index (χ3n) is 4.63. The molecule has 0 aliphatic heterocycles. The van der Waals surface area contributed by atoms with E-state index in [9.17, 15) is 0 Å². The Morgan fingerprint density at radius 1 is 1.39 bits per heavy atom. The van der Waals surface area contributed by atoms with E-state index in [1.807, 2.05) is 11.3 Å². The molecule has 1 atom stereocenters. The Kier molecular flexibility index (Phi) is 4.05. The number of thiophene rings is 1. The maximum atomic E-state index is 6.40. The van der Waals surface area contributed by atoms with Crippen molar-refractivity contribution in [3.63, 3.8) is 0 Å². The van der Waals surface area contributed by atoms with Crippen molar-refractivity contribution in [1.82, 2.24) is 0 Å². The maximum Gasteiger partial charge on any atom is 0.192 e. The van der Waals surface area contributed by atoms with Gasteiger partial charge in [-0.2, -0.15) is 0 Å². The van der Waals surface area contributed by atoms with E-state index in [0.29, 0.717) is 11.0 Å². The van der Waals surface area contributed by atoms with Crippen LogP contribution in [0.4, 0.5) is 0 Å². The molecule has 1 aromatic heterocycles. The zero-order chi connectivity index (χ0) is 13.4. The molecule has 1 unspecified atom stereocenters. The van der Waals surface area contributed by atoms with E-state index in [2.05, 4.69) is 45.3 Å². The highest BCUT2D eigenvalue weighted by Crippen LogP contribution is 2.39. The highest BCUT2D eigenvalue weighted by molar-refractivity contribution is 7.10. The van der Waals surface area contributed by atoms with Crippen molar-refractivity contribution < 1.29 is 4.43 Å². The van der Waals surface area contributed by atoms with Crippen LogP contribution in [0.1, 0.15) is 50.0 Å². The summed E-state index contributed by atoms with van der Waals surface area (Å²) < 4.78 is 6.40. The summed E-state index contributed by atoms with van der Waals surface area (Å²) in [6.45, 7) is 12.6. The molecular formula is C15H26OSSi. The molecule has 1 aromatic rings. The first kappa shape index (κ1) is 14.3. The first-order valence-electron chi connectivity index (χ1n) is 7.01. The van der Waals surface area contributed by atoms with Crippen LogP contribution in [0.15, 0.2) is 11.4 Å². The Hall–Kier alpha value is -0.123. The van der Waals surface area contributed by atoms with Crippen molar-refractivity contribution in [3.05, 3.63) is 21.9 Å². The van der Waals surface area contributed by atoms with Gasteiger partial charge in [-0.05, 0) is 54.4 Å². The third kappa shape index (κ3) is 2.89. The van der Waals surface area contributed by atoms with Crippen LogP contribution in [0, 0.1) is 0 Å². The van der Waals surface area contributed by atoms with Gasteiger partial charge in [0.15, 0.2) is 8.32 Å². The Morgan fingerprint density at radius 2 is 2.11 bits per heavy atom. The Morgan fingerprint density at radius 3 is 2.78 bits per heavy atom. The Balaban J connectivity index is 2.01. The molecular weight excluding hydrogens is 256 g/mol. The molecule has 0 bridgehead atoms. The second kappa shape index (κ2) is 5.10. The lowest BCUT2D eigenvalue weighted by Gasteiger charge is -2.37. The van der Waals surface area contributed by atoms with Crippen molar-refractivity contribution in [2.24, 2.45) is 0 Å². The van der Waals surface area contributed by atoms with Crippen LogP contribution >= 0.6 is 11.3 Å². The van der Waals surface area contributed by atoms with E-state index in [-0.39, 0.29) is 0 Å². The normalized spacial score (nSPS) is 20.8. The van der Waals surface area contributed by atoms with Crippen LogP contribution in [0.5, 0.6) is 0 Å². The molecule has 0 fully saturated rings. The lowest BCUT2D eigenvalue weighted by Crippen LogP contribution is -2.41. The van der Waals surface area contributed by atoms with Gasteiger partial charge in [0.05, 0.1) is 0 Å². The largest absolute Gasteiger partial charge is 0.416 e. The SMILES string of the molecule is CC(C)(C)[Si](C)(C)OCC1CCCc2sccc21. The molecule has 1 nitrogen and oxygen atoms in total. The molecule has 1 aliphatic rings. The van der Waals surface area contributed by atoms with Crippen molar-refractivity contribution in [3.8, 4) is 0 Å². The van der Waals surface area contributed by atoms with Crippen LogP contribution in [-0.4, -0.2) is 14.9 Å². The van der Waals surface area contributed by atoms with Gasteiger partial charge in [0.25, 0.3) is 0 Å². The van der Waals surface area contributed by atoms with Crippen LogP contribution in [0.2, 0.25) is 18.1 Å². The van der Waals surface area contributed by atoms with Gasteiger partial charge >= 0.3 is 0 Å². The lowest BCUT2D eigenvalue weighted by molar-refractivity contribution is 0.252. The summed E-state index contributed by atoms with van der Waals surface area (Å²) in [7, 11) is -1.59. The molecule has 18 heavy (non-hydrogen) atoms. The second-order valence-electron chi connectivity index (χ2n) is 6.96. The topological polar surface area (TPSA) is 9.23 Å². The van der Waals surface area contributed by atoms with Gasteiger partial charge in [-0.1, -0.05) is 20.8 Å². The van der Waals surface area contributed by atoms with E-state index >= 15 is 0 Å². The van der Waals surface area contributed by atoms with Gasteiger partial charge in [0.2, 0.25) is 0 Å². The van der Waals surface area contributed by atoms with Crippen LogP contribution in [-0.2, 0) is 10.8 Å². The summed E-state index contributed by atoms with van der Waals surface area (Å²) in [5.41, 5.74) is 1.57. The van der Waals surface area contributed by atoms with Gasteiger partial charge in [-0.25, -0.2) is 0 Å². The summed E-state index contributed by atoms with van der Waals surface area (Å²) in [4.78, 5) is 1.60. The molecule has 102 valence electrons. The van der Waals surface area contributed by atoms with Gasteiger partial charge in [-0.3, -0.25) is 0 Å². The van der Waals surface area contributed by atoms with Gasteiger partial charge in [0, 0.05) is 17.4 Å². The minimum Gasteiger partial charge on any atom is -0.416 e. The summed E-state index contributed by atoms with van der Waals surface area (Å²) >= 11 is 1.92. The van der Waals surface area contributed by atoms with Gasteiger partial charge < -0.3 is 4.43 Å². The Bertz CT molecular complexity index is 403. The smallest absolute Gasteiger partial charge is 0.192 e. The minimum atomic E-state index is -1.59. The number of hydrogen-bond donors (Lipinski definition) is 0. The molecule has 2 rings (SSSR count). The summed E-state index contributed by atoms with van der Waals surface area (Å²) in [6, 6.07) is 2.32. The molecule has 0 aromatic carbocycles. The fraction of sp³-hybridized carbons (Fsp3) is 0.733. The quantitative estimate of drug-likeness (QED) is 0.693. The van der Waals surface area contributed by atoms with Gasteiger partial charge in [0.1, 0.15) is 0 Å². The van der Waals surface area contributed by atoms with E-state index in [0.717, 1.165) is 6.61 Å². The first-order valence-corrected chi connectivity index (χ1v) is 10.8.